The minimum absolute atomic E-state index is 0.107. The number of carbonyl (C=O) groups excluding carboxylic acids is 1. The molecule has 7 heteroatoms. The molecule has 2 aliphatic rings. The molecule has 1 saturated heterocycles. The summed E-state index contributed by atoms with van der Waals surface area (Å²) in [5, 5.41) is 10.1. The summed E-state index contributed by atoms with van der Waals surface area (Å²) in [6.07, 6.45) is 8.95. The van der Waals surface area contributed by atoms with Gasteiger partial charge in [-0.25, -0.2) is 9.97 Å². The quantitative estimate of drug-likeness (QED) is 0.902. The Bertz CT molecular complexity index is 783. The molecular weight excluding hydrogens is 332 g/mol. The lowest BCUT2D eigenvalue weighted by molar-refractivity contribution is -0.0824. The maximum absolute atomic E-state index is 13.0. The SMILES string of the molecule is CO[C@@]12CCC(O)CC1N(C(=O)c1cnc(-c3ccncc3)nc1)CC2. The van der Waals surface area contributed by atoms with E-state index in [2.05, 4.69) is 15.0 Å². The zero-order valence-corrected chi connectivity index (χ0v) is 14.7. The monoisotopic (exact) mass is 354 g/mol. The minimum atomic E-state index is -0.387. The molecule has 1 amide bonds. The van der Waals surface area contributed by atoms with Crippen molar-refractivity contribution < 1.29 is 14.6 Å². The molecule has 2 fully saturated rings. The summed E-state index contributed by atoms with van der Waals surface area (Å²) in [6, 6.07) is 3.55. The third-order valence-electron chi connectivity index (χ3n) is 5.66. The van der Waals surface area contributed by atoms with Crippen molar-refractivity contribution in [2.75, 3.05) is 13.7 Å². The zero-order valence-electron chi connectivity index (χ0n) is 14.7. The fourth-order valence-corrected chi connectivity index (χ4v) is 4.17. The number of fused-ring (bicyclic) bond motifs is 1. The van der Waals surface area contributed by atoms with Crippen molar-refractivity contribution in [3.05, 3.63) is 42.5 Å². The van der Waals surface area contributed by atoms with Crippen LogP contribution in [0.25, 0.3) is 11.4 Å². The molecular formula is C19H22N4O3. The van der Waals surface area contributed by atoms with Gasteiger partial charge in [0.1, 0.15) is 0 Å². The van der Waals surface area contributed by atoms with Crippen LogP contribution in [0, 0.1) is 0 Å². The Hall–Kier alpha value is -2.38. The van der Waals surface area contributed by atoms with Crippen LogP contribution < -0.4 is 0 Å². The molecule has 1 N–H and O–H groups in total. The van der Waals surface area contributed by atoms with E-state index in [0.29, 0.717) is 24.4 Å². The maximum Gasteiger partial charge on any atom is 0.257 e. The van der Waals surface area contributed by atoms with Crippen molar-refractivity contribution in [1.29, 1.82) is 0 Å². The van der Waals surface area contributed by atoms with Crippen LogP contribution in [-0.2, 0) is 4.74 Å². The molecule has 1 aliphatic heterocycles. The van der Waals surface area contributed by atoms with E-state index in [1.165, 1.54) is 0 Å². The number of amides is 1. The number of aliphatic hydroxyl groups is 1. The predicted octanol–water partition coefficient (Wildman–Crippen LogP) is 1.68. The van der Waals surface area contributed by atoms with E-state index in [1.54, 1.807) is 31.9 Å². The van der Waals surface area contributed by atoms with Crippen molar-refractivity contribution in [2.45, 2.75) is 43.4 Å². The van der Waals surface area contributed by atoms with Crippen molar-refractivity contribution in [2.24, 2.45) is 0 Å². The highest BCUT2D eigenvalue weighted by molar-refractivity contribution is 5.94. The third-order valence-corrected chi connectivity index (χ3v) is 5.66. The average molecular weight is 354 g/mol. The Morgan fingerprint density at radius 3 is 2.69 bits per heavy atom. The van der Waals surface area contributed by atoms with Crippen LogP contribution in [0.4, 0.5) is 0 Å². The van der Waals surface area contributed by atoms with Crippen LogP contribution in [-0.4, -0.2) is 62.3 Å². The van der Waals surface area contributed by atoms with Gasteiger partial charge < -0.3 is 14.7 Å². The maximum atomic E-state index is 13.0. The first-order valence-corrected chi connectivity index (χ1v) is 8.89. The van der Waals surface area contributed by atoms with Crippen LogP contribution in [0.5, 0.6) is 0 Å². The van der Waals surface area contributed by atoms with Crippen molar-refractivity contribution in [3.8, 4) is 11.4 Å². The molecule has 7 nitrogen and oxygen atoms in total. The van der Waals surface area contributed by atoms with E-state index in [1.807, 2.05) is 17.0 Å². The van der Waals surface area contributed by atoms with Gasteiger partial charge in [-0.15, -0.1) is 0 Å². The van der Waals surface area contributed by atoms with Gasteiger partial charge in [-0.3, -0.25) is 9.78 Å². The van der Waals surface area contributed by atoms with Crippen LogP contribution in [0.15, 0.2) is 36.9 Å². The van der Waals surface area contributed by atoms with Gasteiger partial charge in [0.15, 0.2) is 5.82 Å². The number of rotatable bonds is 3. The van der Waals surface area contributed by atoms with E-state index in [-0.39, 0.29) is 23.7 Å². The number of aromatic nitrogens is 3. The van der Waals surface area contributed by atoms with Crippen LogP contribution >= 0.6 is 0 Å². The smallest absolute Gasteiger partial charge is 0.257 e. The number of hydrogen-bond acceptors (Lipinski definition) is 6. The lowest BCUT2D eigenvalue weighted by Crippen LogP contribution is -2.52. The highest BCUT2D eigenvalue weighted by Crippen LogP contribution is 2.42. The Morgan fingerprint density at radius 2 is 2.00 bits per heavy atom. The van der Waals surface area contributed by atoms with Crippen LogP contribution in [0.2, 0.25) is 0 Å². The molecule has 136 valence electrons. The lowest BCUT2D eigenvalue weighted by Gasteiger charge is -2.42. The molecule has 3 heterocycles. The summed E-state index contributed by atoms with van der Waals surface area (Å²) in [7, 11) is 1.70. The van der Waals surface area contributed by atoms with Crippen LogP contribution in [0.3, 0.4) is 0 Å². The molecule has 2 aromatic heterocycles. The van der Waals surface area contributed by atoms with E-state index in [9.17, 15) is 9.90 Å². The number of hydrogen-bond donors (Lipinski definition) is 1. The molecule has 0 radical (unpaired) electrons. The summed E-state index contributed by atoms with van der Waals surface area (Å²) in [5.74, 6) is 0.453. The summed E-state index contributed by atoms with van der Waals surface area (Å²) in [6.45, 7) is 0.621. The first kappa shape index (κ1) is 17.1. The van der Waals surface area contributed by atoms with E-state index in [0.717, 1.165) is 24.8 Å². The first-order chi connectivity index (χ1) is 12.6. The highest BCUT2D eigenvalue weighted by atomic mass is 16.5. The summed E-state index contributed by atoms with van der Waals surface area (Å²) >= 11 is 0. The molecule has 0 aromatic carbocycles. The van der Waals surface area contributed by atoms with Crippen LogP contribution in [0.1, 0.15) is 36.0 Å². The Balaban J connectivity index is 1.56. The Labute approximate surface area is 152 Å². The van der Waals surface area contributed by atoms with Crippen molar-refractivity contribution in [1.82, 2.24) is 19.9 Å². The second-order valence-electron chi connectivity index (χ2n) is 6.99. The van der Waals surface area contributed by atoms with Gasteiger partial charge >= 0.3 is 0 Å². The van der Waals surface area contributed by atoms with Gasteiger partial charge in [-0.2, -0.15) is 0 Å². The van der Waals surface area contributed by atoms with Gasteiger partial charge in [0.25, 0.3) is 5.91 Å². The molecule has 2 unspecified atom stereocenters. The van der Waals surface area contributed by atoms with Gasteiger partial charge in [0.2, 0.25) is 0 Å². The van der Waals surface area contributed by atoms with Gasteiger partial charge in [0, 0.05) is 44.0 Å². The molecule has 1 aliphatic carbocycles. The fraction of sp³-hybridized carbons (Fsp3) is 0.474. The number of carbonyl (C=O) groups is 1. The largest absolute Gasteiger partial charge is 0.393 e. The normalized spacial score (nSPS) is 28.0. The lowest BCUT2D eigenvalue weighted by atomic mass is 9.79. The summed E-state index contributed by atoms with van der Waals surface area (Å²) in [5.41, 5.74) is 0.968. The zero-order chi connectivity index (χ0) is 18.1. The number of nitrogens with zero attached hydrogens (tertiary/aromatic N) is 4. The number of ether oxygens (including phenoxy) is 1. The van der Waals surface area contributed by atoms with E-state index >= 15 is 0 Å². The Morgan fingerprint density at radius 1 is 1.27 bits per heavy atom. The molecule has 3 atom stereocenters. The first-order valence-electron chi connectivity index (χ1n) is 8.89. The average Bonchev–Trinajstić information content (AvgIpc) is 3.07. The minimum Gasteiger partial charge on any atom is -0.393 e. The molecule has 4 rings (SSSR count). The van der Waals surface area contributed by atoms with E-state index in [4.69, 9.17) is 4.74 Å². The second-order valence-corrected chi connectivity index (χ2v) is 6.99. The molecule has 0 spiro atoms. The molecule has 0 bridgehead atoms. The number of aliphatic hydroxyl groups excluding tert-OH is 1. The van der Waals surface area contributed by atoms with E-state index < -0.39 is 0 Å². The number of likely N-dealkylation sites (tertiary alicyclic amines) is 1. The number of methoxy groups -OCH3 is 1. The Kier molecular flexibility index (Phi) is 4.42. The van der Waals surface area contributed by atoms with Crippen molar-refractivity contribution >= 4 is 5.91 Å². The van der Waals surface area contributed by atoms with Gasteiger partial charge in [-0.05, 0) is 37.8 Å². The predicted molar refractivity (Wildman–Crippen MR) is 94.3 cm³/mol. The fourth-order valence-electron chi connectivity index (χ4n) is 4.17. The standard InChI is InChI=1S/C19H22N4O3/c1-26-19-5-2-15(24)10-16(19)23(9-6-19)18(25)14-11-21-17(22-12-14)13-3-7-20-8-4-13/h3-4,7-8,11-12,15-16,24H,2,5-6,9-10H2,1H3/t15?,16?,19-/m1/s1. The molecule has 2 aromatic rings. The third kappa shape index (κ3) is 2.87. The molecule has 26 heavy (non-hydrogen) atoms. The summed E-state index contributed by atoms with van der Waals surface area (Å²) < 4.78 is 5.80. The second kappa shape index (κ2) is 6.74. The summed E-state index contributed by atoms with van der Waals surface area (Å²) in [4.78, 5) is 27.5. The highest BCUT2D eigenvalue weighted by Gasteiger charge is 2.52. The molecule has 1 saturated carbocycles. The number of pyridine rings is 1. The van der Waals surface area contributed by atoms with Gasteiger partial charge in [0.05, 0.1) is 23.3 Å². The van der Waals surface area contributed by atoms with Crippen molar-refractivity contribution in [3.63, 3.8) is 0 Å². The van der Waals surface area contributed by atoms with Gasteiger partial charge in [-0.1, -0.05) is 0 Å². The topological polar surface area (TPSA) is 88.4 Å².